The molecule has 5 nitrogen and oxygen atoms in total. The molecule has 1 aromatic carbocycles. The third kappa shape index (κ3) is 5.03. The van der Waals surface area contributed by atoms with E-state index >= 15 is 0 Å². The standard InChI is InChI=1S/C19H20ClN3O2/c20-14-6-4-13(5-7-14)8-10-22-18(24)16-11-17(16)19(25)23-12-15-3-1-2-9-21-15/h1-7,9,16-17H,8,10-12H2,(H,22,24)(H,23,25). The van der Waals surface area contributed by atoms with E-state index in [0.717, 1.165) is 17.7 Å². The maximum atomic E-state index is 12.1. The summed E-state index contributed by atoms with van der Waals surface area (Å²) in [6, 6.07) is 13.1. The number of nitrogens with one attached hydrogen (secondary N) is 2. The van der Waals surface area contributed by atoms with Crippen molar-refractivity contribution in [3.63, 3.8) is 0 Å². The second-order valence-corrected chi connectivity index (χ2v) is 6.59. The molecular weight excluding hydrogens is 338 g/mol. The Balaban J connectivity index is 1.36. The second-order valence-electron chi connectivity index (χ2n) is 6.16. The molecule has 6 heteroatoms. The van der Waals surface area contributed by atoms with Crippen molar-refractivity contribution in [3.8, 4) is 0 Å². The van der Waals surface area contributed by atoms with Gasteiger partial charge in [-0.15, -0.1) is 0 Å². The molecule has 2 atom stereocenters. The van der Waals surface area contributed by atoms with E-state index in [2.05, 4.69) is 15.6 Å². The summed E-state index contributed by atoms with van der Waals surface area (Å²) in [7, 11) is 0. The molecule has 0 bridgehead atoms. The van der Waals surface area contributed by atoms with Crippen LogP contribution in [0.5, 0.6) is 0 Å². The predicted molar refractivity (Wildman–Crippen MR) is 95.8 cm³/mol. The minimum atomic E-state index is -0.223. The molecule has 130 valence electrons. The first-order valence-electron chi connectivity index (χ1n) is 8.33. The van der Waals surface area contributed by atoms with Crippen LogP contribution in [0.4, 0.5) is 0 Å². The van der Waals surface area contributed by atoms with Crippen molar-refractivity contribution >= 4 is 23.4 Å². The van der Waals surface area contributed by atoms with E-state index in [4.69, 9.17) is 11.6 Å². The van der Waals surface area contributed by atoms with Gasteiger partial charge in [0.05, 0.1) is 24.1 Å². The molecule has 1 fully saturated rings. The van der Waals surface area contributed by atoms with Crippen LogP contribution in [0.15, 0.2) is 48.7 Å². The van der Waals surface area contributed by atoms with Crippen molar-refractivity contribution in [1.29, 1.82) is 0 Å². The van der Waals surface area contributed by atoms with Gasteiger partial charge in [0.15, 0.2) is 0 Å². The summed E-state index contributed by atoms with van der Waals surface area (Å²) >= 11 is 5.84. The van der Waals surface area contributed by atoms with Crippen LogP contribution < -0.4 is 10.6 Å². The minimum Gasteiger partial charge on any atom is -0.356 e. The fourth-order valence-electron chi connectivity index (χ4n) is 2.70. The van der Waals surface area contributed by atoms with Crippen LogP contribution in [-0.2, 0) is 22.6 Å². The number of hydrogen-bond donors (Lipinski definition) is 2. The van der Waals surface area contributed by atoms with Crippen molar-refractivity contribution in [2.45, 2.75) is 19.4 Å². The Morgan fingerprint density at radius 2 is 1.76 bits per heavy atom. The number of rotatable bonds is 7. The topological polar surface area (TPSA) is 71.1 Å². The van der Waals surface area contributed by atoms with E-state index in [1.807, 2.05) is 42.5 Å². The van der Waals surface area contributed by atoms with E-state index in [1.165, 1.54) is 0 Å². The Morgan fingerprint density at radius 1 is 1.04 bits per heavy atom. The molecule has 25 heavy (non-hydrogen) atoms. The molecule has 0 saturated heterocycles. The van der Waals surface area contributed by atoms with Gasteiger partial charge in [0.25, 0.3) is 0 Å². The SMILES string of the molecule is O=C(NCCc1ccc(Cl)cc1)C1CC1C(=O)NCc1ccccn1. The highest BCUT2D eigenvalue weighted by Gasteiger charge is 2.47. The summed E-state index contributed by atoms with van der Waals surface area (Å²) < 4.78 is 0. The first kappa shape index (κ1) is 17.4. The van der Waals surface area contributed by atoms with Gasteiger partial charge in [0.2, 0.25) is 11.8 Å². The van der Waals surface area contributed by atoms with Crippen molar-refractivity contribution in [2.75, 3.05) is 6.54 Å². The van der Waals surface area contributed by atoms with Gasteiger partial charge in [-0.2, -0.15) is 0 Å². The largest absolute Gasteiger partial charge is 0.356 e. The second kappa shape index (κ2) is 8.12. The van der Waals surface area contributed by atoms with Gasteiger partial charge < -0.3 is 10.6 Å². The van der Waals surface area contributed by atoms with E-state index in [9.17, 15) is 9.59 Å². The van der Waals surface area contributed by atoms with E-state index in [0.29, 0.717) is 24.5 Å². The van der Waals surface area contributed by atoms with E-state index < -0.39 is 0 Å². The van der Waals surface area contributed by atoms with Crippen LogP contribution in [-0.4, -0.2) is 23.3 Å². The average molecular weight is 358 g/mol. The van der Waals surface area contributed by atoms with E-state index in [-0.39, 0.29) is 23.7 Å². The Labute approximate surface area is 151 Å². The molecule has 1 aliphatic rings. The molecule has 0 aliphatic heterocycles. The lowest BCUT2D eigenvalue weighted by atomic mass is 10.1. The number of benzene rings is 1. The summed E-state index contributed by atoms with van der Waals surface area (Å²) in [6.07, 6.45) is 3.04. The molecule has 1 heterocycles. The number of pyridine rings is 1. The van der Waals surface area contributed by atoms with Gasteiger partial charge in [0.1, 0.15) is 0 Å². The van der Waals surface area contributed by atoms with Crippen LogP contribution in [0.2, 0.25) is 5.02 Å². The molecule has 2 amide bonds. The lowest BCUT2D eigenvalue weighted by Crippen LogP contribution is -2.31. The lowest BCUT2D eigenvalue weighted by molar-refractivity contribution is -0.127. The molecular formula is C19H20ClN3O2. The summed E-state index contributed by atoms with van der Waals surface area (Å²) in [4.78, 5) is 28.4. The Morgan fingerprint density at radius 3 is 2.44 bits per heavy atom. The van der Waals surface area contributed by atoms with Gasteiger partial charge in [-0.05, 0) is 42.7 Å². The molecule has 2 aromatic rings. The van der Waals surface area contributed by atoms with Crippen LogP contribution >= 0.6 is 11.6 Å². The highest BCUT2D eigenvalue weighted by molar-refractivity contribution is 6.30. The number of aromatic nitrogens is 1. The number of carbonyl (C=O) groups is 2. The number of halogens is 1. The highest BCUT2D eigenvalue weighted by Crippen LogP contribution is 2.38. The first-order valence-corrected chi connectivity index (χ1v) is 8.71. The Bertz CT molecular complexity index is 734. The summed E-state index contributed by atoms with van der Waals surface area (Å²) in [5, 5.41) is 6.44. The molecule has 1 aromatic heterocycles. The first-order chi connectivity index (χ1) is 12.1. The third-order valence-corrected chi connectivity index (χ3v) is 4.51. The molecule has 0 radical (unpaired) electrons. The van der Waals surface area contributed by atoms with Crippen molar-refractivity contribution in [3.05, 3.63) is 64.9 Å². The maximum Gasteiger partial charge on any atom is 0.224 e. The van der Waals surface area contributed by atoms with Gasteiger partial charge in [-0.25, -0.2) is 0 Å². The minimum absolute atomic E-state index is 0.0491. The van der Waals surface area contributed by atoms with Crippen LogP contribution in [0.3, 0.4) is 0 Å². The molecule has 2 N–H and O–H groups in total. The lowest BCUT2D eigenvalue weighted by Gasteiger charge is -2.06. The zero-order chi connectivity index (χ0) is 17.6. The van der Waals surface area contributed by atoms with Gasteiger partial charge in [-0.1, -0.05) is 29.8 Å². The molecule has 3 rings (SSSR count). The van der Waals surface area contributed by atoms with E-state index in [1.54, 1.807) is 6.20 Å². The normalized spacial score (nSPS) is 18.4. The van der Waals surface area contributed by atoms with Crippen molar-refractivity contribution in [1.82, 2.24) is 15.6 Å². The van der Waals surface area contributed by atoms with Gasteiger partial charge in [0, 0.05) is 17.8 Å². The molecule has 2 unspecified atom stereocenters. The summed E-state index contributed by atoms with van der Waals surface area (Å²) in [5.41, 5.74) is 1.92. The zero-order valence-corrected chi connectivity index (χ0v) is 14.5. The zero-order valence-electron chi connectivity index (χ0n) is 13.7. The molecule has 1 aliphatic carbocycles. The van der Waals surface area contributed by atoms with Crippen LogP contribution in [0.1, 0.15) is 17.7 Å². The quantitative estimate of drug-likeness (QED) is 0.799. The van der Waals surface area contributed by atoms with Gasteiger partial charge >= 0.3 is 0 Å². The smallest absolute Gasteiger partial charge is 0.224 e. The molecule has 1 saturated carbocycles. The Kier molecular flexibility index (Phi) is 5.66. The predicted octanol–water partition coefficient (Wildman–Crippen LogP) is 2.35. The highest BCUT2D eigenvalue weighted by atomic mass is 35.5. The average Bonchev–Trinajstić information content (AvgIpc) is 3.43. The fourth-order valence-corrected chi connectivity index (χ4v) is 2.82. The summed E-state index contributed by atoms with van der Waals surface area (Å²) in [5.74, 6) is -0.566. The van der Waals surface area contributed by atoms with Crippen LogP contribution in [0.25, 0.3) is 0 Å². The monoisotopic (exact) mass is 357 g/mol. The number of amides is 2. The van der Waals surface area contributed by atoms with Crippen LogP contribution in [0, 0.1) is 11.8 Å². The fraction of sp³-hybridized carbons (Fsp3) is 0.316. The maximum absolute atomic E-state index is 12.1. The number of hydrogen-bond acceptors (Lipinski definition) is 3. The third-order valence-electron chi connectivity index (χ3n) is 4.26. The van der Waals surface area contributed by atoms with Gasteiger partial charge in [-0.3, -0.25) is 14.6 Å². The Hall–Kier alpha value is -2.40. The number of carbonyl (C=O) groups excluding carboxylic acids is 2. The summed E-state index contributed by atoms with van der Waals surface area (Å²) in [6.45, 7) is 0.945. The van der Waals surface area contributed by atoms with Crippen molar-refractivity contribution < 1.29 is 9.59 Å². The van der Waals surface area contributed by atoms with Crippen molar-refractivity contribution in [2.24, 2.45) is 11.8 Å². The number of nitrogens with zero attached hydrogens (tertiary/aromatic N) is 1. The molecule has 0 spiro atoms.